The summed E-state index contributed by atoms with van der Waals surface area (Å²) in [5, 5.41) is 0. The van der Waals surface area contributed by atoms with E-state index in [0.717, 1.165) is 5.56 Å². The number of carbonyl (C=O) groups is 2. The predicted molar refractivity (Wildman–Crippen MR) is 80.7 cm³/mol. The molecule has 1 aromatic rings. The Balaban J connectivity index is 1.89. The summed E-state index contributed by atoms with van der Waals surface area (Å²) in [6, 6.07) is 9.58. The van der Waals surface area contributed by atoms with Gasteiger partial charge in [0.1, 0.15) is 12.4 Å². The lowest BCUT2D eigenvalue weighted by Crippen LogP contribution is -2.45. The fourth-order valence-corrected chi connectivity index (χ4v) is 2.70. The zero-order valence-corrected chi connectivity index (χ0v) is 12.3. The number of benzene rings is 1. The summed E-state index contributed by atoms with van der Waals surface area (Å²) in [6.45, 7) is 6.70. The van der Waals surface area contributed by atoms with Gasteiger partial charge in [-0.2, -0.15) is 0 Å². The second kappa shape index (κ2) is 7.07. The minimum atomic E-state index is -0.326. The average molecular weight is 287 g/mol. The Morgan fingerprint density at radius 3 is 2.71 bits per heavy atom. The van der Waals surface area contributed by atoms with Crippen LogP contribution in [0.15, 0.2) is 43.0 Å². The van der Waals surface area contributed by atoms with Gasteiger partial charge in [0.15, 0.2) is 0 Å². The van der Waals surface area contributed by atoms with Gasteiger partial charge >= 0.3 is 6.09 Å². The number of rotatable bonds is 4. The van der Waals surface area contributed by atoms with Crippen LogP contribution in [0.2, 0.25) is 0 Å². The highest BCUT2D eigenvalue weighted by molar-refractivity contribution is 5.79. The van der Waals surface area contributed by atoms with E-state index in [2.05, 4.69) is 6.58 Å². The number of nitrogens with zero attached hydrogens (tertiary/aromatic N) is 1. The van der Waals surface area contributed by atoms with Crippen molar-refractivity contribution in [2.45, 2.75) is 20.0 Å². The topological polar surface area (TPSA) is 46.6 Å². The minimum absolute atomic E-state index is 0.0144. The summed E-state index contributed by atoms with van der Waals surface area (Å²) in [7, 11) is 0. The molecule has 0 unspecified atom stereocenters. The van der Waals surface area contributed by atoms with E-state index in [0.29, 0.717) is 19.5 Å². The van der Waals surface area contributed by atoms with Crippen molar-refractivity contribution >= 4 is 11.9 Å². The van der Waals surface area contributed by atoms with Crippen LogP contribution in [0.5, 0.6) is 0 Å². The fourth-order valence-electron chi connectivity index (χ4n) is 2.70. The molecule has 1 saturated heterocycles. The van der Waals surface area contributed by atoms with E-state index in [-0.39, 0.29) is 30.3 Å². The largest absolute Gasteiger partial charge is 0.445 e. The summed E-state index contributed by atoms with van der Waals surface area (Å²) in [6.07, 6.45) is 2.11. The van der Waals surface area contributed by atoms with Gasteiger partial charge < -0.3 is 9.64 Å². The van der Waals surface area contributed by atoms with Crippen molar-refractivity contribution in [3.8, 4) is 0 Å². The van der Waals surface area contributed by atoms with Crippen LogP contribution in [-0.4, -0.2) is 29.9 Å². The highest BCUT2D eigenvalue weighted by Crippen LogP contribution is 2.25. The quantitative estimate of drug-likeness (QED) is 0.800. The molecule has 4 heteroatoms. The zero-order valence-electron chi connectivity index (χ0n) is 12.3. The maximum absolute atomic E-state index is 12.1. The van der Waals surface area contributed by atoms with E-state index in [1.807, 2.05) is 30.3 Å². The molecule has 0 N–H and O–H groups in total. The molecule has 1 aliphatic rings. The van der Waals surface area contributed by atoms with Gasteiger partial charge in [0, 0.05) is 24.9 Å². The molecule has 2 atom stereocenters. The normalized spacial score (nSPS) is 21.7. The summed E-state index contributed by atoms with van der Waals surface area (Å²) in [5.74, 6) is 0.151. The number of hydrogen-bond acceptors (Lipinski definition) is 3. The summed E-state index contributed by atoms with van der Waals surface area (Å²) in [4.78, 5) is 25.3. The van der Waals surface area contributed by atoms with Gasteiger partial charge in [-0.25, -0.2) is 4.79 Å². The summed E-state index contributed by atoms with van der Waals surface area (Å²) in [5.41, 5.74) is 0.963. The van der Waals surface area contributed by atoms with Crippen LogP contribution in [0.25, 0.3) is 0 Å². The minimum Gasteiger partial charge on any atom is -0.445 e. The molecule has 1 amide bonds. The number of carbonyl (C=O) groups excluding carboxylic acids is 2. The third kappa shape index (κ3) is 3.94. The molecule has 4 nitrogen and oxygen atoms in total. The molecule has 1 heterocycles. The van der Waals surface area contributed by atoms with E-state index in [1.165, 1.54) is 0 Å². The third-order valence-corrected chi connectivity index (χ3v) is 3.95. The second-order valence-electron chi connectivity index (χ2n) is 5.39. The first kappa shape index (κ1) is 15.3. The van der Waals surface area contributed by atoms with Crippen molar-refractivity contribution in [1.29, 1.82) is 0 Å². The average Bonchev–Trinajstić information content (AvgIpc) is 2.52. The van der Waals surface area contributed by atoms with E-state index in [4.69, 9.17) is 4.74 Å². The molecule has 1 fully saturated rings. The van der Waals surface area contributed by atoms with Gasteiger partial charge in [0.25, 0.3) is 0 Å². The molecule has 0 radical (unpaired) electrons. The Labute approximate surface area is 125 Å². The highest BCUT2D eigenvalue weighted by atomic mass is 16.6. The first-order chi connectivity index (χ1) is 10.1. The molecule has 112 valence electrons. The Bertz CT molecular complexity index is 512. The lowest BCUT2D eigenvalue weighted by atomic mass is 9.83. The molecule has 21 heavy (non-hydrogen) atoms. The lowest BCUT2D eigenvalue weighted by Gasteiger charge is -2.35. The number of piperidine rings is 1. The number of amides is 1. The van der Waals surface area contributed by atoms with Crippen LogP contribution in [0.4, 0.5) is 4.79 Å². The number of likely N-dealkylation sites (tertiary alicyclic amines) is 1. The van der Waals surface area contributed by atoms with Crippen LogP contribution < -0.4 is 0 Å². The smallest absolute Gasteiger partial charge is 0.410 e. The molecule has 1 aliphatic heterocycles. The van der Waals surface area contributed by atoms with Gasteiger partial charge in [0.05, 0.1) is 0 Å². The SMILES string of the molecule is C=C[C@H]1CN(C(=O)OCc2ccccc2)CC[C@H]1C(C)=O. The Kier molecular flexibility index (Phi) is 5.14. The van der Waals surface area contributed by atoms with Crippen molar-refractivity contribution in [2.75, 3.05) is 13.1 Å². The molecule has 2 rings (SSSR count). The first-order valence-corrected chi connectivity index (χ1v) is 7.20. The maximum Gasteiger partial charge on any atom is 0.410 e. The molecule has 0 spiro atoms. The first-order valence-electron chi connectivity index (χ1n) is 7.20. The van der Waals surface area contributed by atoms with Crippen LogP contribution in [0, 0.1) is 11.8 Å². The molecule has 0 saturated carbocycles. The second-order valence-corrected chi connectivity index (χ2v) is 5.39. The van der Waals surface area contributed by atoms with Crippen molar-refractivity contribution in [3.05, 3.63) is 48.6 Å². The number of hydrogen-bond donors (Lipinski definition) is 0. The van der Waals surface area contributed by atoms with Crippen LogP contribution in [-0.2, 0) is 16.1 Å². The summed E-state index contributed by atoms with van der Waals surface area (Å²) < 4.78 is 5.32. The van der Waals surface area contributed by atoms with Gasteiger partial charge in [0.2, 0.25) is 0 Å². The van der Waals surface area contributed by atoms with E-state index in [1.54, 1.807) is 17.9 Å². The number of ether oxygens (including phenoxy) is 1. The van der Waals surface area contributed by atoms with E-state index < -0.39 is 0 Å². The lowest BCUT2D eigenvalue weighted by molar-refractivity contribution is -0.123. The molecule has 0 aromatic heterocycles. The zero-order chi connectivity index (χ0) is 15.2. The standard InChI is InChI=1S/C17H21NO3/c1-3-15-11-18(10-9-16(15)13(2)19)17(20)21-12-14-7-5-4-6-8-14/h3-8,15-16H,1,9-12H2,2H3/t15-,16-/m0/s1. The van der Waals surface area contributed by atoms with Crippen molar-refractivity contribution in [3.63, 3.8) is 0 Å². The van der Waals surface area contributed by atoms with Gasteiger partial charge in [-0.1, -0.05) is 36.4 Å². The van der Waals surface area contributed by atoms with Gasteiger partial charge in [-0.15, -0.1) is 6.58 Å². The summed E-state index contributed by atoms with van der Waals surface area (Å²) >= 11 is 0. The van der Waals surface area contributed by atoms with E-state index in [9.17, 15) is 9.59 Å². The molecule has 0 bridgehead atoms. The van der Waals surface area contributed by atoms with Crippen molar-refractivity contribution in [1.82, 2.24) is 4.90 Å². The van der Waals surface area contributed by atoms with Crippen molar-refractivity contribution < 1.29 is 14.3 Å². The number of Topliss-reactive ketones (excluding diaryl/α,β-unsaturated/α-hetero) is 1. The van der Waals surface area contributed by atoms with Crippen LogP contribution in [0.1, 0.15) is 18.9 Å². The molecular formula is C17H21NO3. The van der Waals surface area contributed by atoms with Gasteiger partial charge in [-0.3, -0.25) is 4.79 Å². The monoisotopic (exact) mass is 287 g/mol. The van der Waals surface area contributed by atoms with Crippen LogP contribution >= 0.6 is 0 Å². The molecule has 1 aromatic carbocycles. The Morgan fingerprint density at radius 1 is 1.38 bits per heavy atom. The fraction of sp³-hybridized carbons (Fsp3) is 0.412. The maximum atomic E-state index is 12.1. The number of ketones is 1. The Hall–Kier alpha value is -2.10. The van der Waals surface area contributed by atoms with Crippen molar-refractivity contribution in [2.24, 2.45) is 11.8 Å². The van der Waals surface area contributed by atoms with Crippen LogP contribution in [0.3, 0.4) is 0 Å². The highest BCUT2D eigenvalue weighted by Gasteiger charge is 2.32. The molecule has 0 aliphatic carbocycles. The Morgan fingerprint density at radius 2 is 2.10 bits per heavy atom. The van der Waals surface area contributed by atoms with Gasteiger partial charge in [-0.05, 0) is 18.9 Å². The van der Waals surface area contributed by atoms with E-state index >= 15 is 0 Å². The predicted octanol–water partition coefficient (Wildman–Crippen LogP) is 3.04. The molecular weight excluding hydrogens is 266 g/mol. The third-order valence-electron chi connectivity index (χ3n) is 3.95.